The molecule has 1 heterocycles. The van der Waals surface area contributed by atoms with Crippen molar-refractivity contribution in [3.8, 4) is 5.75 Å². The van der Waals surface area contributed by atoms with Crippen LogP contribution in [0.25, 0.3) is 6.08 Å². The SMILES string of the molecule is COCCCN1C(=O)S/C(=C/c2ccc(OCc3ccccc3Cl)c(Br)c2)C1=O. The molecule has 0 saturated carbocycles. The van der Waals surface area contributed by atoms with Gasteiger partial charge in [0.15, 0.2) is 0 Å². The summed E-state index contributed by atoms with van der Waals surface area (Å²) < 4.78 is 11.6. The van der Waals surface area contributed by atoms with Crippen LogP contribution in [-0.4, -0.2) is 36.3 Å². The van der Waals surface area contributed by atoms with E-state index in [1.54, 1.807) is 13.2 Å². The summed E-state index contributed by atoms with van der Waals surface area (Å²) in [6, 6.07) is 13.0. The van der Waals surface area contributed by atoms with Crippen LogP contribution < -0.4 is 4.74 Å². The van der Waals surface area contributed by atoms with Gasteiger partial charge in [-0.3, -0.25) is 14.5 Å². The van der Waals surface area contributed by atoms with E-state index in [4.69, 9.17) is 21.1 Å². The van der Waals surface area contributed by atoms with Crippen molar-refractivity contribution >= 4 is 56.5 Å². The van der Waals surface area contributed by atoms with Gasteiger partial charge in [0, 0.05) is 30.8 Å². The highest BCUT2D eigenvalue weighted by Crippen LogP contribution is 2.34. The number of carbonyl (C=O) groups excluding carboxylic acids is 2. The predicted molar refractivity (Wildman–Crippen MR) is 119 cm³/mol. The third-order valence-electron chi connectivity index (χ3n) is 4.20. The van der Waals surface area contributed by atoms with Gasteiger partial charge >= 0.3 is 0 Å². The van der Waals surface area contributed by atoms with Crippen LogP contribution in [0.3, 0.4) is 0 Å². The molecule has 5 nitrogen and oxygen atoms in total. The van der Waals surface area contributed by atoms with Crippen molar-refractivity contribution in [2.45, 2.75) is 13.0 Å². The van der Waals surface area contributed by atoms with E-state index in [0.29, 0.717) is 41.9 Å². The van der Waals surface area contributed by atoms with Crippen molar-refractivity contribution in [3.05, 3.63) is 68.0 Å². The fourth-order valence-electron chi connectivity index (χ4n) is 2.71. The lowest BCUT2D eigenvalue weighted by Gasteiger charge is -2.11. The molecule has 0 aliphatic carbocycles. The number of rotatable bonds is 8. The van der Waals surface area contributed by atoms with E-state index >= 15 is 0 Å². The minimum atomic E-state index is -0.272. The minimum Gasteiger partial charge on any atom is -0.488 e. The van der Waals surface area contributed by atoms with Gasteiger partial charge in [0.2, 0.25) is 0 Å². The van der Waals surface area contributed by atoms with E-state index in [1.165, 1.54) is 4.90 Å². The third kappa shape index (κ3) is 5.63. The first kappa shape index (κ1) is 21.9. The van der Waals surface area contributed by atoms with Crippen LogP contribution in [0.4, 0.5) is 4.79 Å². The Balaban J connectivity index is 1.67. The molecule has 2 aromatic rings. The number of ether oxygens (including phenoxy) is 2. The molecule has 3 rings (SSSR count). The molecule has 0 bridgehead atoms. The highest BCUT2D eigenvalue weighted by Gasteiger charge is 2.34. The van der Waals surface area contributed by atoms with Gasteiger partial charge in [-0.15, -0.1) is 0 Å². The van der Waals surface area contributed by atoms with Crippen LogP contribution in [-0.2, 0) is 16.1 Å². The van der Waals surface area contributed by atoms with Crippen molar-refractivity contribution in [1.82, 2.24) is 4.90 Å². The monoisotopic (exact) mass is 495 g/mol. The normalized spacial score (nSPS) is 15.4. The molecule has 0 aromatic heterocycles. The van der Waals surface area contributed by atoms with Crippen molar-refractivity contribution in [2.75, 3.05) is 20.3 Å². The first-order valence-corrected chi connectivity index (χ1v) is 10.9. The van der Waals surface area contributed by atoms with Gasteiger partial charge in [-0.25, -0.2) is 0 Å². The molecule has 0 unspecified atom stereocenters. The van der Waals surface area contributed by atoms with Gasteiger partial charge in [0.1, 0.15) is 12.4 Å². The molecule has 8 heteroatoms. The smallest absolute Gasteiger partial charge is 0.293 e. The molecule has 1 aliphatic heterocycles. The molecule has 1 saturated heterocycles. The quantitative estimate of drug-likeness (QED) is 0.344. The standard InChI is InChI=1S/C21H19BrClNO4S/c1-27-10-4-9-24-20(25)19(29-21(24)26)12-14-7-8-18(16(22)11-14)28-13-15-5-2-3-6-17(15)23/h2-3,5-8,11-12H,4,9-10,13H2,1H3/b19-12+. The number of halogens is 2. The number of imide groups is 1. The summed E-state index contributed by atoms with van der Waals surface area (Å²) in [7, 11) is 1.59. The second kappa shape index (κ2) is 10.3. The number of nitrogens with zero attached hydrogens (tertiary/aromatic N) is 1. The van der Waals surface area contributed by atoms with Crippen LogP contribution >= 0.6 is 39.3 Å². The van der Waals surface area contributed by atoms with E-state index < -0.39 is 0 Å². The number of benzene rings is 2. The number of methoxy groups -OCH3 is 1. The van der Waals surface area contributed by atoms with Crippen molar-refractivity contribution in [1.29, 1.82) is 0 Å². The first-order valence-electron chi connectivity index (χ1n) is 8.89. The number of hydrogen-bond donors (Lipinski definition) is 0. The maximum atomic E-state index is 12.5. The first-order chi connectivity index (χ1) is 14.0. The molecule has 2 amide bonds. The zero-order valence-electron chi connectivity index (χ0n) is 15.7. The van der Waals surface area contributed by atoms with Gasteiger partial charge in [-0.1, -0.05) is 35.9 Å². The Hall–Kier alpha value is -1.80. The maximum Gasteiger partial charge on any atom is 0.293 e. The second-order valence-electron chi connectivity index (χ2n) is 6.25. The summed E-state index contributed by atoms with van der Waals surface area (Å²) in [5, 5.41) is 0.401. The summed E-state index contributed by atoms with van der Waals surface area (Å²) in [5.74, 6) is 0.390. The van der Waals surface area contributed by atoms with Crippen LogP contribution in [0.15, 0.2) is 51.8 Å². The topological polar surface area (TPSA) is 55.8 Å². The molecular formula is C21H19BrClNO4S. The molecule has 0 N–H and O–H groups in total. The number of amides is 2. The highest BCUT2D eigenvalue weighted by molar-refractivity contribution is 9.10. The highest BCUT2D eigenvalue weighted by atomic mass is 79.9. The Morgan fingerprint density at radius 3 is 2.72 bits per heavy atom. The van der Waals surface area contributed by atoms with Gasteiger partial charge in [0.05, 0.1) is 9.38 Å². The van der Waals surface area contributed by atoms with Crippen LogP contribution in [0, 0.1) is 0 Å². The summed E-state index contributed by atoms with van der Waals surface area (Å²) in [6.45, 7) is 1.20. The lowest BCUT2D eigenvalue weighted by molar-refractivity contribution is -0.122. The molecule has 152 valence electrons. The van der Waals surface area contributed by atoms with Crippen molar-refractivity contribution in [3.63, 3.8) is 0 Å². The lowest BCUT2D eigenvalue weighted by Crippen LogP contribution is -2.29. The Bertz CT molecular complexity index is 950. The van der Waals surface area contributed by atoms with E-state index in [-0.39, 0.29) is 11.1 Å². The van der Waals surface area contributed by atoms with Gasteiger partial charge in [-0.05, 0) is 64.0 Å². The molecule has 29 heavy (non-hydrogen) atoms. The van der Waals surface area contributed by atoms with Crippen molar-refractivity contribution < 1.29 is 19.1 Å². The van der Waals surface area contributed by atoms with E-state index in [2.05, 4.69) is 15.9 Å². The second-order valence-corrected chi connectivity index (χ2v) is 8.50. The van der Waals surface area contributed by atoms with E-state index in [9.17, 15) is 9.59 Å². The summed E-state index contributed by atoms with van der Waals surface area (Å²) in [6.07, 6.45) is 2.33. The van der Waals surface area contributed by atoms with Crippen LogP contribution in [0.1, 0.15) is 17.5 Å². The molecule has 1 aliphatic rings. The molecule has 0 radical (unpaired) electrons. The molecule has 1 fully saturated rings. The van der Waals surface area contributed by atoms with Crippen molar-refractivity contribution in [2.24, 2.45) is 0 Å². The Morgan fingerprint density at radius 1 is 1.21 bits per heavy atom. The average molecular weight is 497 g/mol. The third-order valence-corrected chi connectivity index (χ3v) is 6.09. The molecular weight excluding hydrogens is 478 g/mol. The molecule has 2 aromatic carbocycles. The van der Waals surface area contributed by atoms with E-state index in [0.717, 1.165) is 27.4 Å². The molecule has 0 atom stereocenters. The van der Waals surface area contributed by atoms with Crippen LogP contribution in [0.5, 0.6) is 5.75 Å². The van der Waals surface area contributed by atoms with Gasteiger partial charge < -0.3 is 9.47 Å². The van der Waals surface area contributed by atoms with Crippen LogP contribution in [0.2, 0.25) is 5.02 Å². The Kier molecular flexibility index (Phi) is 7.77. The number of carbonyl (C=O) groups is 2. The summed E-state index contributed by atoms with van der Waals surface area (Å²) in [5.41, 5.74) is 1.69. The van der Waals surface area contributed by atoms with Gasteiger partial charge in [-0.2, -0.15) is 0 Å². The Labute approximate surface area is 187 Å². The predicted octanol–water partition coefficient (Wildman–Crippen LogP) is 5.75. The largest absolute Gasteiger partial charge is 0.488 e. The average Bonchev–Trinajstić information content (AvgIpc) is 2.96. The maximum absolute atomic E-state index is 12.5. The molecule has 0 spiro atoms. The van der Waals surface area contributed by atoms with Gasteiger partial charge in [0.25, 0.3) is 11.1 Å². The lowest BCUT2D eigenvalue weighted by atomic mass is 10.2. The Morgan fingerprint density at radius 2 is 2.00 bits per heavy atom. The number of hydrogen-bond acceptors (Lipinski definition) is 5. The summed E-state index contributed by atoms with van der Waals surface area (Å²) >= 11 is 10.6. The minimum absolute atomic E-state index is 0.254. The summed E-state index contributed by atoms with van der Waals surface area (Å²) in [4.78, 5) is 26.2. The fourth-order valence-corrected chi connectivity index (χ4v) is 4.27. The zero-order chi connectivity index (χ0) is 20.8. The van der Waals surface area contributed by atoms with E-state index in [1.807, 2.05) is 42.5 Å². The fraction of sp³-hybridized carbons (Fsp3) is 0.238. The zero-order valence-corrected chi connectivity index (χ0v) is 18.9. The number of thioether (sulfide) groups is 1.